The van der Waals surface area contributed by atoms with E-state index in [1.54, 1.807) is 0 Å². The van der Waals surface area contributed by atoms with Gasteiger partial charge in [-0.25, -0.2) is 4.99 Å². The molecule has 2 heterocycles. The summed E-state index contributed by atoms with van der Waals surface area (Å²) in [5.74, 6) is 0.994. The number of nitrogens with two attached hydrogens (primary N) is 1. The van der Waals surface area contributed by atoms with Crippen LogP contribution < -0.4 is 5.73 Å². The number of piperidine rings is 1. The summed E-state index contributed by atoms with van der Waals surface area (Å²) in [5, 5.41) is 9.70. The van der Waals surface area contributed by atoms with Crippen molar-refractivity contribution < 1.29 is 5.11 Å². The topological polar surface area (TPSA) is 74.2 Å². The van der Waals surface area contributed by atoms with Crippen LogP contribution in [0.3, 0.4) is 0 Å². The zero-order valence-electron chi connectivity index (χ0n) is 8.19. The van der Waals surface area contributed by atoms with Crippen molar-refractivity contribution >= 4 is 11.8 Å². The standard InChI is InChI=1S/C9H16N4O/c10-9-11-6-7(14)8(12-9)13-4-2-1-3-5-13/h7,14H,1-6H2,(H2,10,11). The maximum atomic E-state index is 9.70. The summed E-state index contributed by atoms with van der Waals surface area (Å²) in [6.45, 7) is 2.30. The third-order valence-electron chi connectivity index (χ3n) is 2.63. The highest BCUT2D eigenvalue weighted by atomic mass is 16.3. The third kappa shape index (κ3) is 1.87. The van der Waals surface area contributed by atoms with E-state index in [1.165, 1.54) is 19.3 Å². The largest absolute Gasteiger partial charge is 0.383 e. The van der Waals surface area contributed by atoms with Crippen molar-refractivity contribution in [2.24, 2.45) is 15.7 Å². The molecule has 1 saturated heterocycles. The van der Waals surface area contributed by atoms with Crippen LogP contribution in [0.15, 0.2) is 9.98 Å². The van der Waals surface area contributed by atoms with Crippen molar-refractivity contribution in [2.45, 2.75) is 25.4 Å². The molecule has 3 N–H and O–H groups in total. The maximum absolute atomic E-state index is 9.70. The zero-order chi connectivity index (χ0) is 9.97. The van der Waals surface area contributed by atoms with Gasteiger partial charge >= 0.3 is 0 Å². The highest BCUT2D eigenvalue weighted by Crippen LogP contribution is 2.12. The fourth-order valence-corrected chi connectivity index (χ4v) is 1.89. The molecule has 2 aliphatic rings. The van der Waals surface area contributed by atoms with Crippen molar-refractivity contribution in [3.63, 3.8) is 0 Å². The number of nitrogens with zero attached hydrogens (tertiary/aromatic N) is 3. The van der Waals surface area contributed by atoms with E-state index >= 15 is 0 Å². The van der Waals surface area contributed by atoms with Gasteiger partial charge in [0.05, 0.1) is 6.54 Å². The Hall–Kier alpha value is -1.10. The molecule has 1 atom stereocenters. The predicted octanol–water partition coefficient (Wildman–Crippen LogP) is -0.440. The molecule has 0 aromatic heterocycles. The van der Waals surface area contributed by atoms with Crippen molar-refractivity contribution in [1.82, 2.24) is 4.90 Å². The van der Waals surface area contributed by atoms with E-state index in [0.29, 0.717) is 12.4 Å². The lowest BCUT2D eigenvalue weighted by atomic mass is 10.1. The van der Waals surface area contributed by atoms with Crippen LogP contribution >= 0.6 is 0 Å². The summed E-state index contributed by atoms with van der Waals surface area (Å²) in [6.07, 6.45) is 3.04. The Kier molecular flexibility index (Phi) is 2.67. The first-order chi connectivity index (χ1) is 6.77. The van der Waals surface area contributed by atoms with Gasteiger partial charge < -0.3 is 15.7 Å². The van der Waals surface area contributed by atoms with Gasteiger partial charge in [-0.2, -0.15) is 4.99 Å². The zero-order valence-corrected chi connectivity index (χ0v) is 8.19. The van der Waals surface area contributed by atoms with E-state index in [1.807, 2.05) is 0 Å². The van der Waals surface area contributed by atoms with Gasteiger partial charge in [0.2, 0.25) is 5.96 Å². The van der Waals surface area contributed by atoms with E-state index < -0.39 is 6.10 Å². The normalized spacial score (nSPS) is 28.4. The second-order valence-electron chi connectivity index (χ2n) is 3.73. The Morgan fingerprint density at radius 3 is 2.71 bits per heavy atom. The van der Waals surface area contributed by atoms with Gasteiger partial charge in [-0.15, -0.1) is 0 Å². The average Bonchev–Trinajstić information content (AvgIpc) is 2.23. The molecule has 0 spiro atoms. The highest BCUT2D eigenvalue weighted by Gasteiger charge is 2.24. The Morgan fingerprint density at radius 2 is 2.00 bits per heavy atom. The van der Waals surface area contributed by atoms with Gasteiger partial charge in [-0.1, -0.05) is 0 Å². The summed E-state index contributed by atoms with van der Waals surface area (Å²) in [7, 11) is 0. The van der Waals surface area contributed by atoms with E-state index in [9.17, 15) is 5.11 Å². The van der Waals surface area contributed by atoms with Crippen molar-refractivity contribution in [2.75, 3.05) is 19.6 Å². The number of aliphatic imine (C=N–C) groups is 2. The van der Waals surface area contributed by atoms with E-state index in [2.05, 4.69) is 14.9 Å². The number of hydrogen-bond acceptors (Lipinski definition) is 5. The van der Waals surface area contributed by atoms with Crippen LogP contribution in [0.1, 0.15) is 19.3 Å². The fraction of sp³-hybridized carbons (Fsp3) is 0.778. The molecule has 0 aliphatic carbocycles. The fourth-order valence-electron chi connectivity index (χ4n) is 1.89. The van der Waals surface area contributed by atoms with Gasteiger partial charge in [0.25, 0.3) is 0 Å². The molecule has 2 aliphatic heterocycles. The molecule has 0 saturated carbocycles. The van der Waals surface area contributed by atoms with Crippen LogP contribution in [-0.4, -0.2) is 47.5 Å². The maximum Gasteiger partial charge on any atom is 0.217 e. The number of likely N-dealkylation sites (tertiary alicyclic amines) is 1. The lowest BCUT2D eigenvalue weighted by molar-refractivity contribution is 0.216. The van der Waals surface area contributed by atoms with E-state index in [0.717, 1.165) is 13.1 Å². The van der Waals surface area contributed by atoms with Gasteiger partial charge in [0.15, 0.2) is 0 Å². The number of aliphatic hydroxyl groups excluding tert-OH is 1. The van der Waals surface area contributed by atoms with Crippen molar-refractivity contribution in [3.8, 4) is 0 Å². The number of rotatable bonds is 0. The lowest BCUT2D eigenvalue weighted by Gasteiger charge is -2.32. The van der Waals surface area contributed by atoms with Crippen molar-refractivity contribution in [3.05, 3.63) is 0 Å². The molecule has 1 fully saturated rings. The van der Waals surface area contributed by atoms with Crippen LogP contribution in [0, 0.1) is 0 Å². The molecular formula is C9H16N4O. The van der Waals surface area contributed by atoms with E-state index in [-0.39, 0.29) is 5.96 Å². The first-order valence-electron chi connectivity index (χ1n) is 5.09. The van der Waals surface area contributed by atoms with Crippen LogP contribution in [0.4, 0.5) is 0 Å². The molecular weight excluding hydrogens is 180 g/mol. The Labute approximate surface area is 83.3 Å². The summed E-state index contributed by atoms with van der Waals surface area (Å²) in [5.41, 5.74) is 5.52. The first-order valence-corrected chi connectivity index (χ1v) is 5.09. The molecule has 1 unspecified atom stereocenters. The highest BCUT2D eigenvalue weighted by molar-refractivity contribution is 5.99. The van der Waals surface area contributed by atoms with Crippen molar-refractivity contribution in [1.29, 1.82) is 0 Å². The van der Waals surface area contributed by atoms with Gasteiger partial charge in [0.1, 0.15) is 11.9 Å². The minimum Gasteiger partial charge on any atom is -0.383 e. The Bertz CT molecular complexity index is 268. The molecule has 0 radical (unpaired) electrons. The number of aliphatic hydroxyl groups is 1. The van der Waals surface area contributed by atoms with Crippen LogP contribution in [0.25, 0.3) is 0 Å². The second-order valence-corrected chi connectivity index (χ2v) is 3.73. The lowest BCUT2D eigenvalue weighted by Crippen LogP contribution is -2.46. The van der Waals surface area contributed by atoms with Crippen LogP contribution in [0.2, 0.25) is 0 Å². The Morgan fingerprint density at radius 1 is 1.29 bits per heavy atom. The summed E-state index contributed by atoms with van der Waals surface area (Å²) in [6, 6.07) is 0. The molecule has 14 heavy (non-hydrogen) atoms. The van der Waals surface area contributed by atoms with Crippen LogP contribution in [-0.2, 0) is 0 Å². The molecule has 0 aromatic carbocycles. The molecule has 0 aromatic rings. The molecule has 5 heteroatoms. The minimum atomic E-state index is -0.569. The molecule has 0 bridgehead atoms. The van der Waals surface area contributed by atoms with Crippen LogP contribution in [0.5, 0.6) is 0 Å². The minimum absolute atomic E-state index is 0.288. The number of amidine groups is 1. The molecule has 5 nitrogen and oxygen atoms in total. The van der Waals surface area contributed by atoms with Gasteiger partial charge in [0, 0.05) is 13.1 Å². The smallest absolute Gasteiger partial charge is 0.217 e. The molecule has 0 amide bonds. The predicted molar refractivity (Wildman–Crippen MR) is 55.4 cm³/mol. The van der Waals surface area contributed by atoms with E-state index in [4.69, 9.17) is 5.73 Å². The summed E-state index contributed by atoms with van der Waals surface area (Å²) < 4.78 is 0. The third-order valence-corrected chi connectivity index (χ3v) is 2.63. The van der Waals surface area contributed by atoms with Gasteiger partial charge in [-0.05, 0) is 19.3 Å². The number of guanidine groups is 1. The Balaban J connectivity index is 2.10. The molecule has 78 valence electrons. The SMILES string of the molecule is NC1=NCC(O)C(N2CCCCC2)=N1. The summed E-state index contributed by atoms with van der Waals surface area (Å²) >= 11 is 0. The van der Waals surface area contributed by atoms with Gasteiger partial charge in [-0.3, -0.25) is 0 Å². The number of hydrogen-bond donors (Lipinski definition) is 2. The quantitative estimate of drug-likeness (QED) is 0.551. The second kappa shape index (κ2) is 3.96. The molecule has 2 rings (SSSR count). The first kappa shape index (κ1) is 9.45. The monoisotopic (exact) mass is 196 g/mol. The summed E-state index contributed by atoms with van der Waals surface area (Å²) in [4.78, 5) is 10.1. The average molecular weight is 196 g/mol.